The average Bonchev–Trinajstić information content (AvgIpc) is 3.49. The fourth-order valence-corrected chi connectivity index (χ4v) is 4.62. The largest absolute Gasteiger partial charge is 0.434 e. The van der Waals surface area contributed by atoms with Crippen molar-refractivity contribution in [1.29, 1.82) is 0 Å². The van der Waals surface area contributed by atoms with Gasteiger partial charge in [0.25, 0.3) is 11.5 Å². The molecule has 1 aromatic carbocycles. The summed E-state index contributed by atoms with van der Waals surface area (Å²) in [5.74, 6) is -2.43. The van der Waals surface area contributed by atoms with Crippen molar-refractivity contribution >= 4 is 17.6 Å². The zero-order valence-electron chi connectivity index (χ0n) is 22.9. The average molecular weight is 580 g/mol. The van der Waals surface area contributed by atoms with Crippen LogP contribution in [0.5, 0.6) is 11.6 Å². The summed E-state index contributed by atoms with van der Waals surface area (Å²) in [5, 5.41) is 9.29. The molecule has 3 N–H and O–H groups in total. The molecule has 4 heterocycles. The zero-order chi connectivity index (χ0) is 30.0. The highest BCUT2D eigenvalue weighted by Gasteiger charge is 2.40. The van der Waals surface area contributed by atoms with E-state index >= 15 is 0 Å². The molecule has 0 spiro atoms. The molecule has 218 valence electrons. The monoisotopic (exact) mass is 579 g/mol. The maximum absolute atomic E-state index is 13.8. The molecule has 5 rings (SSSR count). The number of aromatic nitrogens is 6. The van der Waals surface area contributed by atoms with Crippen LogP contribution in [0, 0.1) is 11.6 Å². The van der Waals surface area contributed by atoms with Gasteiger partial charge in [-0.05, 0) is 39.0 Å². The number of hydrogen-bond donors (Lipinski definition) is 3. The quantitative estimate of drug-likeness (QED) is 0.299. The van der Waals surface area contributed by atoms with E-state index in [0.717, 1.165) is 12.1 Å². The van der Waals surface area contributed by atoms with Crippen molar-refractivity contribution in [3.05, 3.63) is 76.7 Å². The molecular formula is C27H27F2N9O4. The molecule has 42 heavy (non-hydrogen) atoms. The number of carbonyl (C=O) groups excluding carboxylic acids is 2. The van der Waals surface area contributed by atoms with Gasteiger partial charge in [0, 0.05) is 38.1 Å². The van der Waals surface area contributed by atoms with E-state index in [4.69, 9.17) is 4.74 Å². The van der Waals surface area contributed by atoms with Crippen LogP contribution < -0.4 is 15.6 Å². The molecule has 1 saturated heterocycles. The summed E-state index contributed by atoms with van der Waals surface area (Å²) < 4.78 is 32.2. The lowest BCUT2D eigenvalue weighted by Crippen LogP contribution is -2.63. The van der Waals surface area contributed by atoms with Gasteiger partial charge in [-0.25, -0.2) is 23.7 Å². The Balaban J connectivity index is 1.20. The van der Waals surface area contributed by atoms with Crippen molar-refractivity contribution in [3.63, 3.8) is 0 Å². The summed E-state index contributed by atoms with van der Waals surface area (Å²) in [6.07, 6.45) is 5.31. The van der Waals surface area contributed by atoms with Crippen LogP contribution in [-0.2, 0) is 4.79 Å². The number of amides is 2. The second-order valence-corrected chi connectivity index (χ2v) is 10.2. The number of H-pyrrole nitrogens is 2. The van der Waals surface area contributed by atoms with Crippen molar-refractivity contribution in [2.24, 2.45) is 0 Å². The minimum Gasteiger partial charge on any atom is -0.434 e. The number of ether oxygens (including phenoxy) is 1. The van der Waals surface area contributed by atoms with E-state index in [9.17, 15) is 23.2 Å². The molecule has 0 saturated carbocycles. The number of piperazine rings is 1. The molecule has 1 atom stereocenters. The fraction of sp³-hybridized carbons (Fsp3) is 0.296. The summed E-state index contributed by atoms with van der Waals surface area (Å²) in [5.41, 5.74) is -0.704. The van der Waals surface area contributed by atoms with E-state index in [0.29, 0.717) is 31.4 Å². The minimum atomic E-state index is -0.888. The summed E-state index contributed by atoms with van der Waals surface area (Å²) in [6, 6.07) is 3.88. The fourth-order valence-electron chi connectivity index (χ4n) is 4.62. The number of rotatable bonds is 7. The SMILES string of the molecule is C[C@@H](C(=O)Nc1cnc(Oc2ccc(F)cc2F)cn1)N1CCN(C(=O)c2c[nH]c(=O)c(-c3cc[nH]n3)n2)C(C)(C)C1. The number of halogens is 2. The molecule has 1 fully saturated rings. The maximum Gasteiger partial charge on any atom is 0.276 e. The molecule has 2 amide bonds. The lowest BCUT2D eigenvalue weighted by molar-refractivity contribution is -0.122. The van der Waals surface area contributed by atoms with Gasteiger partial charge in [-0.3, -0.25) is 24.4 Å². The predicted molar refractivity (Wildman–Crippen MR) is 146 cm³/mol. The second-order valence-electron chi connectivity index (χ2n) is 10.2. The highest BCUT2D eigenvalue weighted by molar-refractivity contribution is 5.94. The third-order valence-corrected chi connectivity index (χ3v) is 6.84. The Morgan fingerprint density at radius 3 is 2.62 bits per heavy atom. The number of aromatic amines is 2. The topological polar surface area (TPSA) is 162 Å². The van der Waals surface area contributed by atoms with Gasteiger partial charge in [-0.1, -0.05) is 0 Å². The molecular weight excluding hydrogens is 552 g/mol. The highest BCUT2D eigenvalue weighted by Crippen LogP contribution is 2.26. The molecule has 13 nitrogen and oxygen atoms in total. The molecule has 4 aromatic rings. The van der Waals surface area contributed by atoms with Crippen LogP contribution in [0.15, 0.2) is 53.8 Å². The van der Waals surface area contributed by atoms with Crippen LogP contribution >= 0.6 is 0 Å². The number of anilines is 1. The first kappa shape index (κ1) is 28.5. The van der Waals surface area contributed by atoms with Crippen LogP contribution in [0.3, 0.4) is 0 Å². The predicted octanol–water partition coefficient (Wildman–Crippen LogP) is 2.58. The second kappa shape index (κ2) is 11.4. The number of hydrogen-bond acceptors (Lipinski definition) is 9. The summed E-state index contributed by atoms with van der Waals surface area (Å²) in [6.45, 7) is 6.61. The molecule has 1 aliphatic rings. The van der Waals surface area contributed by atoms with Crippen LogP contribution in [0.25, 0.3) is 11.4 Å². The van der Waals surface area contributed by atoms with Gasteiger partial charge in [-0.15, -0.1) is 0 Å². The number of nitrogens with one attached hydrogen (secondary N) is 3. The van der Waals surface area contributed by atoms with E-state index in [1.165, 1.54) is 18.6 Å². The van der Waals surface area contributed by atoms with Gasteiger partial charge >= 0.3 is 0 Å². The lowest BCUT2D eigenvalue weighted by Gasteiger charge is -2.48. The van der Waals surface area contributed by atoms with Crippen molar-refractivity contribution in [2.45, 2.75) is 32.4 Å². The Bertz CT molecular complexity index is 1660. The third-order valence-electron chi connectivity index (χ3n) is 6.84. The van der Waals surface area contributed by atoms with Crippen LogP contribution in [0.2, 0.25) is 0 Å². The van der Waals surface area contributed by atoms with Crippen LogP contribution in [-0.4, -0.2) is 83.0 Å². The Hall–Kier alpha value is -5.05. The molecule has 15 heteroatoms. The summed E-state index contributed by atoms with van der Waals surface area (Å²) in [7, 11) is 0. The molecule has 0 unspecified atom stereocenters. The van der Waals surface area contributed by atoms with Gasteiger partial charge in [0.15, 0.2) is 23.1 Å². The minimum absolute atomic E-state index is 0.0362. The normalized spacial score (nSPS) is 15.7. The Morgan fingerprint density at radius 2 is 1.95 bits per heavy atom. The van der Waals surface area contributed by atoms with E-state index < -0.39 is 28.8 Å². The number of benzene rings is 1. The van der Waals surface area contributed by atoms with Crippen molar-refractivity contribution in [1.82, 2.24) is 39.9 Å². The first-order valence-electron chi connectivity index (χ1n) is 12.9. The molecule has 0 radical (unpaired) electrons. The van der Waals surface area contributed by atoms with E-state index in [1.807, 2.05) is 18.7 Å². The summed E-state index contributed by atoms with van der Waals surface area (Å²) in [4.78, 5) is 57.2. The van der Waals surface area contributed by atoms with Crippen LogP contribution in [0.1, 0.15) is 31.3 Å². The first-order valence-corrected chi connectivity index (χ1v) is 12.9. The number of nitrogens with zero attached hydrogens (tertiary/aromatic N) is 6. The molecule has 0 aliphatic carbocycles. The Labute approximate surface area is 238 Å². The summed E-state index contributed by atoms with van der Waals surface area (Å²) >= 11 is 0. The van der Waals surface area contributed by atoms with Crippen molar-refractivity contribution in [3.8, 4) is 23.0 Å². The van der Waals surface area contributed by atoms with Crippen LogP contribution in [0.4, 0.5) is 14.6 Å². The Morgan fingerprint density at radius 1 is 1.14 bits per heavy atom. The molecule has 0 bridgehead atoms. The van der Waals surface area contributed by atoms with E-state index in [-0.39, 0.29) is 40.6 Å². The zero-order valence-corrected chi connectivity index (χ0v) is 22.9. The van der Waals surface area contributed by atoms with Gasteiger partial charge in [0.05, 0.1) is 24.0 Å². The van der Waals surface area contributed by atoms with Gasteiger partial charge in [-0.2, -0.15) is 5.10 Å². The number of carbonyl (C=O) groups is 2. The smallest absolute Gasteiger partial charge is 0.276 e. The van der Waals surface area contributed by atoms with Gasteiger partial charge in [0.1, 0.15) is 17.2 Å². The van der Waals surface area contributed by atoms with Gasteiger partial charge < -0.3 is 19.9 Å². The third kappa shape index (κ3) is 6.00. The van der Waals surface area contributed by atoms with Crippen molar-refractivity contribution < 1.29 is 23.1 Å². The van der Waals surface area contributed by atoms with E-state index in [1.54, 1.807) is 24.1 Å². The molecule has 3 aromatic heterocycles. The van der Waals surface area contributed by atoms with Crippen molar-refractivity contribution in [2.75, 3.05) is 25.0 Å². The maximum atomic E-state index is 13.8. The molecule has 1 aliphatic heterocycles. The Kier molecular flexibility index (Phi) is 7.76. The first-order chi connectivity index (χ1) is 20.0. The standard InChI is InChI=1S/C27H27F2N9O4/c1-15(24(39)35-21-12-31-22(13-30-21)42-20-5-4-16(28)10-17(20)29)37-8-9-38(27(2,3)14-37)26(41)19-11-32-25(40)23(34-19)18-6-7-33-36-18/h4-7,10-13,15H,8-9,14H2,1-3H3,(H,32,40)(H,33,36)(H,30,35,39)/t15-/m0/s1. The highest BCUT2D eigenvalue weighted by atomic mass is 19.1. The van der Waals surface area contributed by atoms with Gasteiger partial charge in [0.2, 0.25) is 11.8 Å². The lowest BCUT2D eigenvalue weighted by atomic mass is 9.96. The van der Waals surface area contributed by atoms with E-state index in [2.05, 4.69) is 35.5 Å².